The molecular formula is C7H8O2. The van der Waals surface area contributed by atoms with Gasteiger partial charge in [0.15, 0.2) is 5.43 Å². The number of rotatable bonds is 0. The van der Waals surface area contributed by atoms with Gasteiger partial charge in [0.05, 0.1) is 12.5 Å². The van der Waals surface area contributed by atoms with Gasteiger partial charge in [-0.05, 0) is 0 Å². The minimum absolute atomic E-state index is 0.0220. The smallest absolute Gasteiger partial charge is 0.184 e. The summed E-state index contributed by atoms with van der Waals surface area (Å²) in [6.07, 6.45) is 2.70. The topological polar surface area (TPSA) is 30.2 Å². The lowest BCUT2D eigenvalue weighted by atomic mass is 10.5. The average molecular weight is 124 g/mol. The van der Waals surface area contributed by atoms with Crippen molar-refractivity contribution in [2.45, 2.75) is 0 Å². The van der Waals surface area contributed by atoms with E-state index in [1.807, 2.05) is 0 Å². The van der Waals surface area contributed by atoms with Crippen molar-refractivity contribution in [1.82, 2.24) is 0 Å². The molecule has 0 aliphatic heterocycles. The Morgan fingerprint density at radius 1 is 1.22 bits per heavy atom. The van der Waals surface area contributed by atoms with Gasteiger partial charge in [-0.2, -0.15) is 0 Å². The van der Waals surface area contributed by atoms with Crippen LogP contribution < -0.4 is 5.43 Å². The van der Waals surface area contributed by atoms with Crippen molar-refractivity contribution in [2.24, 2.45) is 0 Å². The third-order valence-corrected chi connectivity index (χ3v) is 0.622. The van der Waals surface area contributed by atoms with Gasteiger partial charge in [0, 0.05) is 12.1 Å². The number of hydrogen-bond acceptors (Lipinski definition) is 2. The third kappa shape index (κ3) is 3.29. The summed E-state index contributed by atoms with van der Waals surface area (Å²) in [4.78, 5) is 10.2. The lowest BCUT2D eigenvalue weighted by Crippen LogP contribution is -1.90. The summed E-state index contributed by atoms with van der Waals surface area (Å²) in [5, 5.41) is 0. The average Bonchev–Trinajstić information content (AvgIpc) is 1.94. The highest BCUT2D eigenvalue weighted by Gasteiger charge is 1.72. The summed E-state index contributed by atoms with van der Waals surface area (Å²) in [6.45, 7) is 6.00. The van der Waals surface area contributed by atoms with Crippen molar-refractivity contribution in [3.05, 3.63) is 48.0 Å². The Labute approximate surface area is 53.4 Å². The van der Waals surface area contributed by atoms with E-state index in [2.05, 4.69) is 17.6 Å². The van der Waals surface area contributed by atoms with Gasteiger partial charge < -0.3 is 4.42 Å². The van der Waals surface area contributed by atoms with Crippen LogP contribution >= 0.6 is 0 Å². The second-order valence-corrected chi connectivity index (χ2v) is 1.14. The maximum Gasteiger partial charge on any atom is 0.184 e. The molecule has 0 aromatic carbocycles. The summed E-state index contributed by atoms with van der Waals surface area (Å²) in [6, 6.07) is 2.72. The van der Waals surface area contributed by atoms with Crippen LogP contribution in [0.15, 0.2) is 47.0 Å². The molecular weight excluding hydrogens is 116 g/mol. The standard InChI is InChI=1S/C5H4O2.C2H4/c6-5-1-3-7-4-2-5;1-2/h1-4H;1-2H2. The Morgan fingerprint density at radius 3 is 1.89 bits per heavy atom. The fourth-order valence-electron chi connectivity index (χ4n) is 0.314. The molecule has 9 heavy (non-hydrogen) atoms. The van der Waals surface area contributed by atoms with Gasteiger partial charge in [0.25, 0.3) is 0 Å². The van der Waals surface area contributed by atoms with E-state index in [0.29, 0.717) is 0 Å². The quantitative estimate of drug-likeness (QED) is 0.490. The van der Waals surface area contributed by atoms with Gasteiger partial charge >= 0.3 is 0 Å². The van der Waals surface area contributed by atoms with Gasteiger partial charge in [0.1, 0.15) is 0 Å². The van der Waals surface area contributed by atoms with E-state index >= 15 is 0 Å². The largest absolute Gasteiger partial charge is 0.472 e. The van der Waals surface area contributed by atoms with Crippen LogP contribution in [0.2, 0.25) is 0 Å². The van der Waals surface area contributed by atoms with Crippen LogP contribution in [0.3, 0.4) is 0 Å². The zero-order valence-electron chi connectivity index (χ0n) is 5.04. The maximum atomic E-state index is 10.2. The molecule has 0 N–H and O–H groups in total. The van der Waals surface area contributed by atoms with Gasteiger partial charge in [-0.1, -0.05) is 0 Å². The first-order valence-electron chi connectivity index (χ1n) is 2.42. The minimum atomic E-state index is -0.0220. The van der Waals surface area contributed by atoms with Crippen molar-refractivity contribution < 1.29 is 4.42 Å². The summed E-state index contributed by atoms with van der Waals surface area (Å²) < 4.78 is 4.56. The van der Waals surface area contributed by atoms with Crippen LogP contribution in [-0.2, 0) is 0 Å². The second kappa shape index (κ2) is 4.84. The highest BCUT2D eigenvalue weighted by atomic mass is 16.3. The molecule has 1 heterocycles. The summed E-state index contributed by atoms with van der Waals surface area (Å²) in [7, 11) is 0. The lowest BCUT2D eigenvalue weighted by molar-refractivity contribution is 0.548. The molecule has 0 atom stereocenters. The van der Waals surface area contributed by atoms with E-state index < -0.39 is 0 Å². The fraction of sp³-hybridized carbons (Fsp3) is 0. The Hall–Kier alpha value is -1.31. The monoisotopic (exact) mass is 124 g/mol. The van der Waals surface area contributed by atoms with E-state index in [0.717, 1.165) is 0 Å². The molecule has 0 radical (unpaired) electrons. The van der Waals surface area contributed by atoms with Gasteiger partial charge in [0.2, 0.25) is 0 Å². The molecule has 0 spiro atoms. The first-order valence-corrected chi connectivity index (χ1v) is 2.42. The SMILES string of the molecule is C=C.O=c1ccocc1. The molecule has 0 aliphatic rings. The molecule has 1 rings (SSSR count). The summed E-state index contributed by atoms with van der Waals surface area (Å²) in [5.74, 6) is 0. The molecule has 0 saturated carbocycles. The van der Waals surface area contributed by atoms with E-state index in [1.54, 1.807) is 0 Å². The van der Waals surface area contributed by atoms with E-state index in [-0.39, 0.29) is 5.43 Å². The minimum Gasteiger partial charge on any atom is -0.472 e. The number of hydrogen-bond donors (Lipinski definition) is 0. The Morgan fingerprint density at radius 2 is 1.67 bits per heavy atom. The van der Waals surface area contributed by atoms with Crippen LogP contribution in [-0.4, -0.2) is 0 Å². The molecule has 48 valence electrons. The van der Waals surface area contributed by atoms with Crippen LogP contribution in [0.5, 0.6) is 0 Å². The van der Waals surface area contributed by atoms with Crippen molar-refractivity contribution in [3.63, 3.8) is 0 Å². The molecule has 0 fully saturated rings. The first kappa shape index (κ1) is 7.69. The predicted octanol–water partition coefficient (Wildman–Crippen LogP) is 1.44. The van der Waals surface area contributed by atoms with Crippen LogP contribution in [0, 0.1) is 0 Å². The molecule has 2 heteroatoms. The van der Waals surface area contributed by atoms with E-state index in [4.69, 9.17) is 0 Å². The molecule has 0 unspecified atom stereocenters. The molecule has 1 aromatic heterocycles. The first-order chi connectivity index (χ1) is 4.39. The third-order valence-electron chi connectivity index (χ3n) is 0.622. The maximum absolute atomic E-state index is 10.2. The Kier molecular flexibility index (Phi) is 4.14. The lowest BCUT2D eigenvalue weighted by Gasteiger charge is -1.72. The summed E-state index contributed by atoms with van der Waals surface area (Å²) in [5.41, 5.74) is -0.0220. The zero-order chi connectivity index (χ0) is 7.11. The Balaban J connectivity index is 0.000000291. The molecule has 1 aromatic rings. The molecule has 0 saturated heterocycles. The van der Waals surface area contributed by atoms with E-state index in [9.17, 15) is 4.79 Å². The molecule has 2 nitrogen and oxygen atoms in total. The van der Waals surface area contributed by atoms with Crippen LogP contribution in [0.1, 0.15) is 0 Å². The highest BCUT2D eigenvalue weighted by molar-refractivity contribution is 4.86. The van der Waals surface area contributed by atoms with Crippen molar-refractivity contribution in [3.8, 4) is 0 Å². The predicted molar refractivity (Wildman–Crippen MR) is 36.2 cm³/mol. The van der Waals surface area contributed by atoms with Crippen molar-refractivity contribution in [1.29, 1.82) is 0 Å². The van der Waals surface area contributed by atoms with Crippen LogP contribution in [0.4, 0.5) is 0 Å². The Bertz CT molecular complexity index is 185. The van der Waals surface area contributed by atoms with E-state index in [1.165, 1.54) is 24.7 Å². The van der Waals surface area contributed by atoms with Crippen LogP contribution in [0.25, 0.3) is 0 Å². The molecule has 0 amide bonds. The fourth-order valence-corrected chi connectivity index (χ4v) is 0.314. The summed E-state index contributed by atoms with van der Waals surface area (Å²) >= 11 is 0. The van der Waals surface area contributed by atoms with Crippen molar-refractivity contribution >= 4 is 0 Å². The van der Waals surface area contributed by atoms with Gasteiger partial charge in [-0.3, -0.25) is 4.79 Å². The highest BCUT2D eigenvalue weighted by Crippen LogP contribution is 1.72. The van der Waals surface area contributed by atoms with Gasteiger partial charge in [-0.15, -0.1) is 13.2 Å². The normalized spacial score (nSPS) is 7.11. The van der Waals surface area contributed by atoms with Gasteiger partial charge in [-0.25, -0.2) is 0 Å². The molecule has 0 aliphatic carbocycles. The second-order valence-electron chi connectivity index (χ2n) is 1.14. The van der Waals surface area contributed by atoms with Crippen molar-refractivity contribution in [2.75, 3.05) is 0 Å². The zero-order valence-corrected chi connectivity index (χ0v) is 5.04. The molecule has 0 bridgehead atoms.